The number of hydrogen-bond acceptors (Lipinski definition) is 2. The van der Waals surface area contributed by atoms with Gasteiger partial charge in [0.1, 0.15) is 11.4 Å². The van der Waals surface area contributed by atoms with E-state index in [1.807, 2.05) is 36.5 Å². The van der Waals surface area contributed by atoms with E-state index >= 15 is 0 Å². The summed E-state index contributed by atoms with van der Waals surface area (Å²) in [5, 5.41) is 14.4. The molecule has 0 fully saturated rings. The van der Waals surface area contributed by atoms with Gasteiger partial charge in [-0.15, -0.1) is 10.2 Å². The molecule has 0 spiro atoms. The molecule has 0 amide bonds. The molecule has 0 aliphatic heterocycles. The zero-order chi connectivity index (χ0) is 24.1. The number of aromatic nitrogens is 2. The lowest BCUT2D eigenvalue weighted by molar-refractivity contribution is 1.22. The molecule has 0 aliphatic carbocycles. The Kier molecular flexibility index (Phi) is 4.57. The zero-order valence-electron chi connectivity index (χ0n) is 19.5. The molecule has 0 saturated heterocycles. The van der Waals surface area contributed by atoms with Crippen LogP contribution < -0.4 is 0 Å². The summed E-state index contributed by atoms with van der Waals surface area (Å²) < 4.78 is 2.10. The second-order valence-corrected chi connectivity index (χ2v) is 8.86. The fourth-order valence-electron chi connectivity index (χ4n) is 5.27. The quantitative estimate of drug-likeness (QED) is 0.253. The van der Waals surface area contributed by atoms with Crippen molar-refractivity contribution in [2.75, 3.05) is 0 Å². The lowest BCUT2D eigenvalue weighted by atomic mass is 10.0. The van der Waals surface area contributed by atoms with Crippen LogP contribution in [0.5, 0.6) is 0 Å². The third-order valence-corrected chi connectivity index (χ3v) is 6.89. The van der Waals surface area contributed by atoms with Crippen LogP contribution in [0.1, 0.15) is 0 Å². The number of para-hydroxylation sites is 3. The van der Waals surface area contributed by atoms with Crippen molar-refractivity contribution < 1.29 is 0 Å². The number of benzene rings is 5. The van der Waals surface area contributed by atoms with Crippen LogP contribution in [-0.2, 0) is 0 Å². The lowest BCUT2D eigenvalue weighted by Crippen LogP contribution is -1.85. The second-order valence-electron chi connectivity index (χ2n) is 8.86. The van der Waals surface area contributed by atoms with Crippen LogP contribution in [-0.4, -0.2) is 9.55 Å². The highest BCUT2D eigenvalue weighted by Crippen LogP contribution is 2.41. The molecule has 170 valence electrons. The zero-order valence-corrected chi connectivity index (χ0v) is 19.5. The highest BCUT2D eigenvalue weighted by Gasteiger charge is 2.15. The third kappa shape index (κ3) is 3.01. The van der Waals surface area contributed by atoms with Crippen LogP contribution in [0.3, 0.4) is 0 Å². The van der Waals surface area contributed by atoms with Crippen molar-refractivity contribution in [3.63, 3.8) is 0 Å². The number of nitrogens with one attached hydrogen (secondary N) is 1. The van der Waals surface area contributed by atoms with Gasteiger partial charge in [0.25, 0.3) is 0 Å². The molecular formula is C32H22N4. The molecule has 0 bridgehead atoms. The molecule has 2 heterocycles. The van der Waals surface area contributed by atoms with E-state index in [1.165, 1.54) is 10.8 Å². The minimum Gasteiger partial charge on any atom is -0.353 e. The Labute approximate surface area is 207 Å². The van der Waals surface area contributed by atoms with Crippen molar-refractivity contribution in [3.05, 3.63) is 116 Å². The van der Waals surface area contributed by atoms with Crippen molar-refractivity contribution in [2.24, 2.45) is 10.2 Å². The smallest absolute Gasteiger partial charge is 0.118 e. The van der Waals surface area contributed by atoms with E-state index in [9.17, 15) is 0 Å². The SMILES string of the molecule is C=Cn1c2ccccc2c2cccc(N=Nc3c(-c4ccccc4)ccc4c3[nH]c3ccccc34)c21. The van der Waals surface area contributed by atoms with E-state index in [1.54, 1.807) is 0 Å². The number of fused-ring (bicyclic) bond motifs is 6. The first-order valence-corrected chi connectivity index (χ1v) is 12.0. The first-order valence-electron chi connectivity index (χ1n) is 12.0. The Morgan fingerprint density at radius 3 is 2.25 bits per heavy atom. The summed E-state index contributed by atoms with van der Waals surface area (Å²) in [5.74, 6) is 0. The highest BCUT2D eigenvalue weighted by molar-refractivity contribution is 6.14. The van der Waals surface area contributed by atoms with Gasteiger partial charge in [-0.1, -0.05) is 97.6 Å². The molecule has 5 aromatic carbocycles. The lowest BCUT2D eigenvalue weighted by Gasteiger charge is -2.07. The van der Waals surface area contributed by atoms with E-state index in [0.717, 1.165) is 55.3 Å². The van der Waals surface area contributed by atoms with Crippen LogP contribution in [0, 0.1) is 0 Å². The first kappa shape index (κ1) is 20.4. The van der Waals surface area contributed by atoms with Crippen molar-refractivity contribution in [3.8, 4) is 11.1 Å². The van der Waals surface area contributed by atoms with Gasteiger partial charge in [0.15, 0.2) is 0 Å². The molecule has 2 aromatic heterocycles. The van der Waals surface area contributed by atoms with Crippen LogP contribution in [0.4, 0.5) is 11.4 Å². The minimum absolute atomic E-state index is 0.802. The van der Waals surface area contributed by atoms with Crippen molar-refractivity contribution in [1.29, 1.82) is 0 Å². The van der Waals surface area contributed by atoms with Gasteiger partial charge in [0.05, 0.1) is 16.6 Å². The summed E-state index contributed by atoms with van der Waals surface area (Å²) in [6, 6.07) is 37.6. The van der Waals surface area contributed by atoms with E-state index in [-0.39, 0.29) is 0 Å². The molecule has 7 rings (SSSR count). The largest absolute Gasteiger partial charge is 0.353 e. The molecule has 0 saturated carbocycles. The van der Waals surface area contributed by atoms with Crippen LogP contribution >= 0.6 is 0 Å². The molecule has 7 aromatic rings. The van der Waals surface area contributed by atoms with Crippen LogP contribution in [0.2, 0.25) is 0 Å². The molecule has 0 atom stereocenters. The molecule has 36 heavy (non-hydrogen) atoms. The Balaban J connectivity index is 1.51. The Bertz CT molecular complexity index is 1960. The average molecular weight is 463 g/mol. The highest BCUT2D eigenvalue weighted by atomic mass is 15.1. The van der Waals surface area contributed by atoms with E-state index in [2.05, 4.69) is 95.0 Å². The Morgan fingerprint density at radius 2 is 1.39 bits per heavy atom. The van der Waals surface area contributed by atoms with E-state index in [4.69, 9.17) is 10.2 Å². The van der Waals surface area contributed by atoms with E-state index < -0.39 is 0 Å². The predicted octanol–water partition coefficient (Wildman–Crippen LogP) is 9.61. The van der Waals surface area contributed by atoms with E-state index in [0.29, 0.717) is 0 Å². The van der Waals surface area contributed by atoms with Gasteiger partial charge in [-0.2, -0.15) is 0 Å². The maximum atomic E-state index is 4.92. The fourth-order valence-corrected chi connectivity index (χ4v) is 5.27. The summed E-state index contributed by atoms with van der Waals surface area (Å²) in [6.45, 7) is 4.07. The topological polar surface area (TPSA) is 45.4 Å². The van der Waals surface area contributed by atoms with Crippen LogP contribution in [0.15, 0.2) is 126 Å². The average Bonchev–Trinajstić information content (AvgIpc) is 3.48. The molecule has 1 N–H and O–H groups in total. The number of aromatic amines is 1. The monoisotopic (exact) mass is 462 g/mol. The Morgan fingerprint density at radius 1 is 0.639 bits per heavy atom. The molecule has 4 heteroatoms. The maximum Gasteiger partial charge on any atom is 0.118 e. The van der Waals surface area contributed by atoms with Crippen molar-refractivity contribution in [1.82, 2.24) is 9.55 Å². The summed E-state index contributed by atoms with van der Waals surface area (Å²) >= 11 is 0. The Hall–Kier alpha value is -4.96. The van der Waals surface area contributed by atoms with Gasteiger partial charge >= 0.3 is 0 Å². The number of nitrogens with zero attached hydrogens (tertiary/aromatic N) is 3. The third-order valence-electron chi connectivity index (χ3n) is 6.89. The summed E-state index contributed by atoms with van der Waals surface area (Å²) in [5.41, 5.74) is 7.94. The van der Waals surface area contributed by atoms with Crippen LogP contribution in [0.25, 0.3) is 60.9 Å². The summed E-state index contributed by atoms with van der Waals surface area (Å²) in [4.78, 5) is 3.60. The molecule has 0 unspecified atom stereocenters. The van der Waals surface area contributed by atoms with Crippen molar-refractivity contribution >= 4 is 61.2 Å². The van der Waals surface area contributed by atoms with Gasteiger partial charge < -0.3 is 9.55 Å². The van der Waals surface area contributed by atoms with Gasteiger partial charge in [-0.3, -0.25) is 0 Å². The van der Waals surface area contributed by atoms with Gasteiger partial charge in [-0.05, 0) is 23.8 Å². The predicted molar refractivity (Wildman–Crippen MR) is 151 cm³/mol. The minimum atomic E-state index is 0.802. The van der Waals surface area contributed by atoms with Gasteiger partial charge in [0.2, 0.25) is 0 Å². The maximum absolute atomic E-state index is 4.92. The number of azo groups is 1. The fraction of sp³-hybridized carbons (Fsp3) is 0. The van der Waals surface area contributed by atoms with Crippen molar-refractivity contribution in [2.45, 2.75) is 0 Å². The molecule has 0 aliphatic rings. The number of H-pyrrole nitrogens is 1. The van der Waals surface area contributed by atoms with Gasteiger partial charge in [0, 0.05) is 38.8 Å². The normalized spacial score (nSPS) is 11.9. The molecule has 4 nitrogen and oxygen atoms in total. The standard InChI is InChI=1S/C32H22N4/c1-2-36-29-18-9-7-14-24(29)26-15-10-17-28(32(26)36)34-35-31-22(21-11-4-3-5-12-21)19-20-25-23-13-6-8-16-27(23)33-30(25)31/h2-20,33H,1H2. The summed E-state index contributed by atoms with van der Waals surface area (Å²) in [6.07, 6.45) is 1.84. The summed E-state index contributed by atoms with van der Waals surface area (Å²) in [7, 11) is 0. The molecular weight excluding hydrogens is 440 g/mol. The van der Waals surface area contributed by atoms with Gasteiger partial charge in [-0.25, -0.2) is 0 Å². The second kappa shape index (κ2) is 8.07. The number of rotatable bonds is 4. The molecule has 0 radical (unpaired) electrons. The number of hydrogen-bond donors (Lipinski definition) is 1. The first-order chi connectivity index (χ1) is 17.8.